The van der Waals surface area contributed by atoms with E-state index in [1.807, 2.05) is 0 Å². The summed E-state index contributed by atoms with van der Waals surface area (Å²) in [5.41, 5.74) is 8.07. The van der Waals surface area contributed by atoms with Crippen molar-refractivity contribution in [2.75, 3.05) is 6.54 Å². The maximum Gasteiger partial charge on any atom is 0.0722 e. The fourth-order valence-electron chi connectivity index (χ4n) is 2.69. The fourth-order valence-corrected chi connectivity index (χ4v) is 2.69. The van der Waals surface area contributed by atoms with Gasteiger partial charge in [-0.25, -0.2) is 10.9 Å². The van der Waals surface area contributed by atoms with E-state index in [2.05, 4.69) is 65.6 Å². The molecular formula is C15H19N3. The van der Waals surface area contributed by atoms with Crippen LogP contribution in [0.1, 0.15) is 24.9 Å². The van der Waals surface area contributed by atoms with Gasteiger partial charge in [0.2, 0.25) is 0 Å². The fraction of sp³-hybridized carbons (Fsp3) is 0.333. The first-order valence-corrected chi connectivity index (χ1v) is 6.60. The van der Waals surface area contributed by atoms with E-state index in [4.69, 9.17) is 0 Å². The maximum absolute atomic E-state index is 3.42. The molecule has 0 bridgehead atoms. The molecule has 0 saturated carbocycles. The smallest absolute Gasteiger partial charge is 0.0722 e. The molecular weight excluding hydrogens is 222 g/mol. The van der Waals surface area contributed by atoms with Crippen molar-refractivity contribution in [2.45, 2.75) is 25.6 Å². The lowest BCUT2D eigenvalue weighted by Gasteiger charge is -2.13. The largest absolute Gasteiger partial charge is 0.301 e. The van der Waals surface area contributed by atoms with Crippen LogP contribution in [0, 0.1) is 0 Å². The molecule has 1 fully saturated rings. The lowest BCUT2D eigenvalue weighted by molar-refractivity contribution is 0.470. The molecule has 0 aliphatic carbocycles. The SMILES string of the molecule is CCNC1CC(c2cccc3ccccc23)NN1. The molecule has 0 radical (unpaired) electrons. The summed E-state index contributed by atoms with van der Waals surface area (Å²) >= 11 is 0. The average molecular weight is 241 g/mol. The molecule has 3 N–H and O–H groups in total. The Hall–Kier alpha value is -1.42. The minimum Gasteiger partial charge on any atom is -0.301 e. The van der Waals surface area contributed by atoms with Gasteiger partial charge < -0.3 is 5.32 Å². The molecule has 0 spiro atoms. The molecule has 3 heteroatoms. The zero-order valence-corrected chi connectivity index (χ0v) is 10.6. The molecule has 2 unspecified atom stereocenters. The quantitative estimate of drug-likeness (QED) is 0.772. The lowest BCUT2D eigenvalue weighted by Crippen LogP contribution is -2.40. The number of benzene rings is 2. The van der Waals surface area contributed by atoms with Gasteiger partial charge in [-0.05, 0) is 29.3 Å². The van der Waals surface area contributed by atoms with Crippen molar-refractivity contribution >= 4 is 10.8 Å². The Morgan fingerprint density at radius 1 is 1.11 bits per heavy atom. The Labute approximate surface area is 108 Å². The van der Waals surface area contributed by atoms with Crippen LogP contribution < -0.4 is 16.2 Å². The average Bonchev–Trinajstić information content (AvgIpc) is 2.87. The minimum absolute atomic E-state index is 0.360. The van der Waals surface area contributed by atoms with E-state index in [1.165, 1.54) is 16.3 Å². The van der Waals surface area contributed by atoms with Gasteiger partial charge >= 0.3 is 0 Å². The van der Waals surface area contributed by atoms with Crippen molar-refractivity contribution in [3.63, 3.8) is 0 Å². The van der Waals surface area contributed by atoms with E-state index in [0.717, 1.165) is 13.0 Å². The minimum atomic E-state index is 0.360. The van der Waals surface area contributed by atoms with Crippen molar-refractivity contribution in [2.24, 2.45) is 0 Å². The van der Waals surface area contributed by atoms with Gasteiger partial charge in [0, 0.05) is 6.04 Å². The van der Waals surface area contributed by atoms with Crippen LogP contribution in [-0.4, -0.2) is 12.7 Å². The van der Waals surface area contributed by atoms with Crippen LogP contribution in [0.3, 0.4) is 0 Å². The Balaban J connectivity index is 1.91. The highest BCUT2D eigenvalue weighted by Gasteiger charge is 2.24. The normalized spacial score (nSPS) is 23.6. The summed E-state index contributed by atoms with van der Waals surface area (Å²) in [6.45, 7) is 3.12. The van der Waals surface area contributed by atoms with Gasteiger partial charge in [-0.1, -0.05) is 49.4 Å². The van der Waals surface area contributed by atoms with E-state index in [0.29, 0.717) is 12.2 Å². The highest BCUT2D eigenvalue weighted by Crippen LogP contribution is 2.28. The van der Waals surface area contributed by atoms with Gasteiger partial charge in [-0.15, -0.1) is 0 Å². The van der Waals surface area contributed by atoms with Gasteiger partial charge in [-0.3, -0.25) is 0 Å². The molecule has 1 saturated heterocycles. The van der Waals surface area contributed by atoms with Crippen molar-refractivity contribution in [1.29, 1.82) is 0 Å². The number of rotatable bonds is 3. The Bertz CT molecular complexity index is 533. The summed E-state index contributed by atoms with van der Waals surface area (Å²) < 4.78 is 0. The second-order valence-electron chi connectivity index (χ2n) is 4.76. The molecule has 94 valence electrons. The molecule has 1 heterocycles. The van der Waals surface area contributed by atoms with Crippen molar-refractivity contribution in [3.05, 3.63) is 48.0 Å². The summed E-state index contributed by atoms with van der Waals surface area (Å²) in [6, 6.07) is 15.5. The summed E-state index contributed by atoms with van der Waals surface area (Å²) in [6.07, 6.45) is 1.43. The topological polar surface area (TPSA) is 36.1 Å². The van der Waals surface area contributed by atoms with E-state index >= 15 is 0 Å². The van der Waals surface area contributed by atoms with Crippen LogP contribution in [-0.2, 0) is 0 Å². The number of hydrogen-bond donors (Lipinski definition) is 3. The highest BCUT2D eigenvalue weighted by molar-refractivity contribution is 5.86. The van der Waals surface area contributed by atoms with E-state index in [9.17, 15) is 0 Å². The molecule has 2 aromatic rings. The number of nitrogens with one attached hydrogen (secondary N) is 3. The molecule has 1 aliphatic heterocycles. The van der Waals surface area contributed by atoms with Crippen LogP contribution in [0.15, 0.2) is 42.5 Å². The van der Waals surface area contributed by atoms with E-state index in [1.54, 1.807) is 0 Å². The van der Waals surface area contributed by atoms with Gasteiger partial charge in [0.15, 0.2) is 0 Å². The Kier molecular flexibility index (Phi) is 3.28. The summed E-state index contributed by atoms with van der Waals surface area (Å²) in [4.78, 5) is 0. The summed E-state index contributed by atoms with van der Waals surface area (Å²) in [5, 5.41) is 6.07. The van der Waals surface area contributed by atoms with Gasteiger partial charge in [-0.2, -0.15) is 0 Å². The molecule has 2 aromatic carbocycles. The van der Waals surface area contributed by atoms with Crippen molar-refractivity contribution < 1.29 is 0 Å². The van der Waals surface area contributed by atoms with E-state index in [-0.39, 0.29) is 0 Å². The third-order valence-corrected chi connectivity index (χ3v) is 3.55. The molecule has 18 heavy (non-hydrogen) atoms. The van der Waals surface area contributed by atoms with Gasteiger partial charge in [0.25, 0.3) is 0 Å². The monoisotopic (exact) mass is 241 g/mol. The van der Waals surface area contributed by atoms with Crippen LogP contribution >= 0.6 is 0 Å². The number of fused-ring (bicyclic) bond motifs is 1. The van der Waals surface area contributed by atoms with Crippen LogP contribution in [0.2, 0.25) is 0 Å². The van der Waals surface area contributed by atoms with Crippen LogP contribution in [0.4, 0.5) is 0 Å². The van der Waals surface area contributed by atoms with Gasteiger partial charge in [0.05, 0.1) is 6.17 Å². The zero-order valence-electron chi connectivity index (χ0n) is 10.6. The summed E-state index contributed by atoms with van der Waals surface area (Å²) in [7, 11) is 0. The Morgan fingerprint density at radius 2 is 1.94 bits per heavy atom. The highest BCUT2D eigenvalue weighted by atomic mass is 15.5. The zero-order chi connectivity index (χ0) is 12.4. The Morgan fingerprint density at radius 3 is 2.83 bits per heavy atom. The van der Waals surface area contributed by atoms with Crippen LogP contribution in [0.25, 0.3) is 10.8 Å². The lowest BCUT2D eigenvalue weighted by atomic mass is 9.97. The predicted molar refractivity (Wildman–Crippen MR) is 75.0 cm³/mol. The third kappa shape index (κ3) is 2.12. The molecule has 3 nitrogen and oxygen atoms in total. The maximum atomic E-state index is 3.42. The third-order valence-electron chi connectivity index (χ3n) is 3.55. The second kappa shape index (κ2) is 5.06. The number of hydrogen-bond acceptors (Lipinski definition) is 3. The van der Waals surface area contributed by atoms with Crippen molar-refractivity contribution in [3.8, 4) is 0 Å². The van der Waals surface area contributed by atoms with Gasteiger partial charge in [0.1, 0.15) is 0 Å². The first-order valence-electron chi connectivity index (χ1n) is 6.60. The summed E-state index contributed by atoms with van der Waals surface area (Å²) in [5.74, 6) is 0. The second-order valence-corrected chi connectivity index (χ2v) is 4.76. The standard InChI is InChI=1S/C15H19N3/c1-2-16-15-10-14(17-18-15)13-9-5-7-11-6-3-4-8-12(11)13/h3-9,14-18H,2,10H2,1H3. The molecule has 0 amide bonds. The molecule has 2 atom stereocenters. The molecule has 1 aliphatic rings. The predicted octanol–water partition coefficient (Wildman–Crippen LogP) is 2.31. The van der Waals surface area contributed by atoms with Crippen molar-refractivity contribution in [1.82, 2.24) is 16.2 Å². The molecule has 0 aromatic heterocycles. The number of hydrazine groups is 1. The van der Waals surface area contributed by atoms with E-state index < -0.39 is 0 Å². The van der Waals surface area contributed by atoms with Crippen LogP contribution in [0.5, 0.6) is 0 Å². The first kappa shape index (κ1) is 11.7. The first-order chi connectivity index (χ1) is 8.88. The molecule has 3 rings (SSSR count).